The van der Waals surface area contributed by atoms with Gasteiger partial charge in [0.2, 0.25) is 0 Å². The van der Waals surface area contributed by atoms with Crippen LogP contribution in [0.15, 0.2) is 5.16 Å². The van der Waals surface area contributed by atoms with Crippen molar-refractivity contribution in [2.75, 3.05) is 0 Å². The molecule has 0 fully saturated rings. The monoisotopic (exact) mass is 192 g/mol. The molecule has 0 aliphatic rings. The van der Waals surface area contributed by atoms with Gasteiger partial charge < -0.3 is 15.1 Å². The van der Waals surface area contributed by atoms with E-state index in [-0.39, 0.29) is 0 Å². The third kappa shape index (κ3) is 8.77. The van der Waals surface area contributed by atoms with E-state index >= 15 is 0 Å². The van der Waals surface area contributed by atoms with Gasteiger partial charge in [0.15, 0.2) is 5.54 Å². The topological polar surface area (TPSA) is 110 Å². The number of quaternary nitrogens is 1. The smallest absolute Gasteiger partial charge is 0.161 e. The van der Waals surface area contributed by atoms with Crippen LogP contribution in [0.4, 0.5) is 0 Å². The van der Waals surface area contributed by atoms with E-state index in [9.17, 15) is 0 Å². The molecule has 0 radical (unpaired) electrons. The number of carboxylic acids is 1. The Labute approximate surface area is 76.8 Å². The van der Waals surface area contributed by atoms with Crippen LogP contribution in [0, 0.1) is 0 Å². The summed E-state index contributed by atoms with van der Waals surface area (Å²) in [5.74, 6) is -1.08. The fourth-order valence-corrected chi connectivity index (χ4v) is 0.222. The second-order valence-corrected chi connectivity index (χ2v) is 3.03. The number of hydroxylamine groups is 1. The Kier molecular flexibility index (Phi) is 7.07. The summed E-state index contributed by atoms with van der Waals surface area (Å²) in [6, 6.07) is 0. The molecule has 0 aliphatic carbocycles. The first-order valence-corrected chi connectivity index (χ1v) is 3.63. The summed E-state index contributed by atoms with van der Waals surface area (Å²) in [5.41, 5.74) is 0.974. The number of nitrogens with zero attached hydrogens (tertiary/aromatic N) is 1. The summed E-state index contributed by atoms with van der Waals surface area (Å²) >= 11 is 0. The molecule has 0 aromatic rings. The molecule has 0 rings (SSSR count). The van der Waals surface area contributed by atoms with Gasteiger partial charge in [-0.25, -0.2) is 5.21 Å². The van der Waals surface area contributed by atoms with Gasteiger partial charge in [0.1, 0.15) is 5.71 Å². The molecular weight excluding hydrogens is 176 g/mol. The van der Waals surface area contributed by atoms with Crippen molar-refractivity contribution in [1.82, 2.24) is 0 Å². The minimum Gasteiger partial charge on any atom is -0.550 e. The van der Waals surface area contributed by atoms with Crippen LogP contribution in [0.1, 0.15) is 27.7 Å². The van der Waals surface area contributed by atoms with E-state index in [0.717, 1.165) is 12.4 Å². The van der Waals surface area contributed by atoms with Crippen LogP contribution in [0.5, 0.6) is 0 Å². The average Bonchev–Trinajstić information content (AvgIpc) is 2.02. The van der Waals surface area contributed by atoms with Crippen LogP contribution in [0.2, 0.25) is 0 Å². The first kappa shape index (κ1) is 14.4. The summed E-state index contributed by atoms with van der Waals surface area (Å²) in [5, 5.41) is 28.7. The van der Waals surface area contributed by atoms with Gasteiger partial charge in [0.25, 0.3) is 0 Å². The predicted molar refractivity (Wildman–Crippen MR) is 43.4 cm³/mol. The Bertz CT molecular complexity index is 185. The Balaban J connectivity index is 0. The zero-order valence-corrected chi connectivity index (χ0v) is 8.24. The molecule has 6 nitrogen and oxygen atoms in total. The van der Waals surface area contributed by atoms with Crippen molar-refractivity contribution in [3.8, 4) is 0 Å². The molecule has 0 saturated heterocycles. The number of carboxylic acid groups (broad SMARTS) is 1. The Morgan fingerprint density at radius 2 is 1.77 bits per heavy atom. The van der Waals surface area contributed by atoms with Crippen LogP contribution in [0.25, 0.3) is 0 Å². The highest BCUT2D eigenvalue weighted by molar-refractivity contribution is 5.88. The highest BCUT2D eigenvalue weighted by Crippen LogP contribution is 1.96. The lowest BCUT2D eigenvalue weighted by Gasteiger charge is -2.15. The van der Waals surface area contributed by atoms with E-state index < -0.39 is 11.5 Å². The lowest BCUT2D eigenvalue weighted by Crippen LogP contribution is -2.94. The number of carbonyl (C=O) groups is 1. The van der Waals surface area contributed by atoms with E-state index in [1.807, 2.05) is 0 Å². The fraction of sp³-hybridized carbons (Fsp3) is 0.714. The largest absolute Gasteiger partial charge is 0.550 e. The van der Waals surface area contributed by atoms with Crippen molar-refractivity contribution < 1.29 is 25.8 Å². The molecule has 4 N–H and O–H groups in total. The Morgan fingerprint density at radius 3 is 1.85 bits per heavy atom. The number of nitrogens with two attached hydrogens (primary N) is 1. The van der Waals surface area contributed by atoms with Gasteiger partial charge in [-0.05, 0) is 27.7 Å². The molecular formula is C7H16N2O4. The number of hydrogen-bond acceptors (Lipinski definition) is 5. The first-order valence-electron chi connectivity index (χ1n) is 3.63. The van der Waals surface area contributed by atoms with Gasteiger partial charge in [-0.3, -0.25) is 0 Å². The Morgan fingerprint density at radius 1 is 1.46 bits per heavy atom. The third-order valence-corrected chi connectivity index (χ3v) is 1.41. The molecule has 0 spiro atoms. The van der Waals surface area contributed by atoms with Gasteiger partial charge in [-0.2, -0.15) is 5.48 Å². The van der Waals surface area contributed by atoms with Gasteiger partial charge in [-0.15, -0.1) is 0 Å². The van der Waals surface area contributed by atoms with Crippen LogP contribution in [0.3, 0.4) is 0 Å². The molecule has 0 saturated carbocycles. The first-order chi connectivity index (χ1) is 5.77. The van der Waals surface area contributed by atoms with Crippen molar-refractivity contribution in [3.63, 3.8) is 0 Å². The van der Waals surface area contributed by atoms with Crippen LogP contribution in [-0.2, 0) is 4.79 Å². The van der Waals surface area contributed by atoms with Crippen LogP contribution >= 0.6 is 0 Å². The number of rotatable bonds is 2. The van der Waals surface area contributed by atoms with Gasteiger partial charge in [-0.1, -0.05) is 5.16 Å². The van der Waals surface area contributed by atoms with Gasteiger partial charge in [0.05, 0.1) is 0 Å². The summed E-state index contributed by atoms with van der Waals surface area (Å²) in [6.07, 6.45) is 0. The molecule has 0 bridgehead atoms. The van der Waals surface area contributed by atoms with E-state index in [4.69, 9.17) is 20.3 Å². The molecule has 0 aromatic heterocycles. The molecule has 0 aliphatic heterocycles. The zero-order chi connectivity index (χ0) is 11.1. The van der Waals surface area contributed by atoms with E-state index in [2.05, 4.69) is 5.16 Å². The summed E-state index contributed by atoms with van der Waals surface area (Å²) in [4.78, 5) is 8.89. The van der Waals surface area contributed by atoms with Crippen molar-refractivity contribution in [2.45, 2.75) is 33.2 Å². The highest BCUT2D eigenvalue weighted by atomic mass is 16.5. The molecule has 13 heavy (non-hydrogen) atoms. The molecule has 78 valence electrons. The maximum absolute atomic E-state index is 8.89. The zero-order valence-electron chi connectivity index (χ0n) is 8.24. The third-order valence-electron chi connectivity index (χ3n) is 1.41. The summed E-state index contributed by atoms with van der Waals surface area (Å²) in [6.45, 7) is 6.12. The second kappa shape index (κ2) is 6.38. The minimum atomic E-state index is -1.08. The van der Waals surface area contributed by atoms with Crippen molar-refractivity contribution in [3.05, 3.63) is 0 Å². The maximum atomic E-state index is 8.89. The SMILES string of the molecule is C/C(=N\O)C(C)(C)[NH2+]O.CC(=O)[O-]. The lowest BCUT2D eigenvalue weighted by molar-refractivity contribution is -0.920. The fourth-order valence-electron chi connectivity index (χ4n) is 0.222. The van der Waals surface area contributed by atoms with Crippen LogP contribution < -0.4 is 10.6 Å². The number of hydrogen-bond donors (Lipinski definition) is 3. The summed E-state index contributed by atoms with van der Waals surface area (Å²) in [7, 11) is 0. The molecule has 6 heteroatoms. The number of carbonyl (C=O) groups excluding carboxylic acids is 1. The Hall–Kier alpha value is -1.14. The normalized spacial score (nSPS) is 11.6. The number of aliphatic carboxylic acids is 1. The summed E-state index contributed by atoms with van der Waals surface area (Å²) < 4.78 is 0. The van der Waals surface area contributed by atoms with E-state index in [0.29, 0.717) is 5.71 Å². The minimum absolute atomic E-state index is 0.491. The molecule has 0 unspecified atom stereocenters. The van der Waals surface area contributed by atoms with Gasteiger partial charge >= 0.3 is 0 Å². The second-order valence-electron chi connectivity index (χ2n) is 3.03. The predicted octanol–water partition coefficient (Wildman–Crippen LogP) is -1.68. The lowest BCUT2D eigenvalue weighted by atomic mass is 10.0. The quantitative estimate of drug-likeness (QED) is 0.276. The van der Waals surface area contributed by atoms with E-state index in [1.165, 1.54) is 0 Å². The van der Waals surface area contributed by atoms with Crippen molar-refractivity contribution in [2.24, 2.45) is 5.16 Å². The molecule has 0 atom stereocenters. The van der Waals surface area contributed by atoms with Crippen molar-refractivity contribution in [1.29, 1.82) is 0 Å². The maximum Gasteiger partial charge on any atom is 0.161 e. The van der Waals surface area contributed by atoms with Crippen molar-refractivity contribution >= 4 is 11.7 Å². The van der Waals surface area contributed by atoms with Crippen LogP contribution in [-0.4, -0.2) is 27.6 Å². The van der Waals surface area contributed by atoms with E-state index in [1.54, 1.807) is 20.8 Å². The molecule has 0 heterocycles. The highest BCUT2D eigenvalue weighted by Gasteiger charge is 2.25. The standard InChI is InChI=1S/C5H12N2O2.C2H4O2/c1-4(6-8)5(2,3)7-9;1-2(3)4/h7-9H,1-3H3;1H3,(H,3,4)/b6-4+;. The van der Waals surface area contributed by atoms with Gasteiger partial charge in [0, 0.05) is 5.97 Å². The average molecular weight is 192 g/mol. The molecule has 0 amide bonds. The number of oxime groups is 1. The molecule has 0 aromatic carbocycles.